The van der Waals surface area contributed by atoms with Crippen LogP contribution in [0, 0.1) is 0 Å². The van der Waals surface area contributed by atoms with Crippen LogP contribution in [0.25, 0.3) is 98.8 Å². The van der Waals surface area contributed by atoms with E-state index in [1.165, 1.54) is 0 Å². The number of rotatable bonds is 4. The summed E-state index contributed by atoms with van der Waals surface area (Å²) in [6, 6.07) is 32.4. The average Bonchev–Trinajstić information content (AvgIpc) is 3.67. The van der Waals surface area contributed by atoms with Crippen molar-refractivity contribution in [1.82, 2.24) is 0 Å². The summed E-state index contributed by atoms with van der Waals surface area (Å²) in [7, 11) is 0. The van der Waals surface area contributed by atoms with Crippen molar-refractivity contribution in [2.75, 3.05) is 0 Å². The molecule has 0 unspecified atom stereocenters. The Balaban J connectivity index is 1.31. The molecular weight excluding hydrogens is 593 g/mol. The van der Waals surface area contributed by atoms with Gasteiger partial charge in [-0.1, -0.05) is 182 Å². The van der Waals surface area contributed by atoms with Crippen molar-refractivity contribution < 1.29 is 19.5 Å². The molecule has 1 heteroatoms. The maximum Gasteiger partial charge on any atom is 0.143 e. The molecule has 0 saturated carbocycles. The first-order chi connectivity index (χ1) is 28.9. The summed E-state index contributed by atoms with van der Waals surface area (Å²) in [4.78, 5) is 0. The minimum absolute atomic E-state index is 0.0465. The van der Waals surface area contributed by atoms with Crippen molar-refractivity contribution in [3.05, 3.63) is 182 Å². The minimum atomic E-state index is -0.651. The van der Waals surface area contributed by atoms with E-state index in [0.29, 0.717) is 10.9 Å². The highest BCUT2D eigenvalue weighted by molar-refractivity contribution is 6.24. The Bertz CT molecular complexity index is 3420. The summed E-state index contributed by atoms with van der Waals surface area (Å²) in [6.07, 6.45) is 0. The van der Waals surface area contributed by atoms with E-state index in [1.54, 1.807) is 0 Å². The summed E-state index contributed by atoms with van der Waals surface area (Å²) in [6.45, 7) is 0. The molecule has 10 aromatic rings. The van der Waals surface area contributed by atoms with E-state index < -0.39 is 60.4 Å². The lowest BCUT2D eigenvalue weighted by Crippen LogP contribution is -1.92. The molecule has 0 aliphatic carbocycles. The van der Waals surface area contributed by atoms with Gasteiger partial charge in [-0.2, -0.15) is 0 Å². The van der Waals surface area contributed by atoms with Crippen LogP contribution >= 0.6 is 0 Å². The zero-order valence-corrected chi connectivity index (χ0v) is 25.9. The molecule has 0 amide bonds. The quantitative estimate of drug-likeness (QED) is 0.176. The van der Waals surface area contributed by atoms with Crippen molar-refractivity contribution in [3.8, 4) is 44.5 Å². The van der Waals surface area contributed by atoms with Crippen molar-refractivity contribution in [2.45, 2.75) is 0 Å². The Morgan fingerprint density at radius 3 is 1.43 bits per heavy atom. The van der Waals surface area contributed by atoms with Gasteiger partial charge in [0.25, 0.3) is 0 Å². The third-order valence-electron chi connectivity index (χ3n) is 9.32. The van der Waals surface area contributed by atoms with E-state index >= 15 is 0 Å². The second-order valence-electron chi connectivity index (χ2n) is 11.9. The molecule has 0 aliphatic heterocycles. The van der Waals surface area contributed by atoms with Gasteiger partial charge in [-0.15, -0.1) is 0 Å². The molecule has 49 heavy (non-hydrogen) atoms. The summed E-state index contributed by atoms with van der Waals surface area (Å²) >= 11 is 0. The molecule has 9 aromatic carbocycles. The molecule has 1 aromatic heterocycles. The summed E-state index contributed by atoms with van der Waals surface area (Å²) in [5.74, 6) is 0. The SMILES string of the molecule is [2H]c1c([2H])c([2H])c(-c2c([2H])c([2H])c([2H])c3c2oc2c(-c4ccc(-c5c6ccccc6c(-c6ccccc6)c6ccccc56)c5ccccc45)c([2H])c([2H])c([2H])c23)c([2H])c1[2H]. The number of hydrogen-bond donors (Lipinski definition) is 0. The number of para-hydroxylation sites is 2. The van der Waals surface area contributed by atoms with Gasteiger partial charge in [0.2, 0.25) is 0 Å². The fourth-order valence-electron chi connectivity index (χ4n) is 7.26. The minimum Gasteiger partial charge on any atom is -0.455 e. The molecule has 10 rings (SSSR count). The van der Waals surface area contributed by atoms with Gasteiger partial charge in [-0.3, -0.25) is 0 Å². The Morgan fingerprint density at radius 2 is 0.796 bits per heavy atom. The molecule has 0 aliphatic rings. The van der Waals surface area contributed by atoms with E-state index in [0.717, 1.165) is 49.2 Å². The van der Waals surface area contributed by atoms with E-state index in [1.807, 2.05) is 78.9 Å². The predicted octanol–water partition coefficient (Wildman–Crippen LogP) is 13.7. The molecule has 0 bridgehead atoms. The lowest BCUT2D eigenvalue weighted by atomic mass is 9.84. The lowest BCUT2D eigenvalue weighted by Gasteiger charge is -2.19. The van der Waals surface area contributed by atoms with E-state index in [4.69, 9.17) is 18.1 Å². The molecule has 0 atom stereocenters. The fraction of sp³-hybridized carbons (Fsp3) is 0. The molecular formula is C48H30O. The van der Waals surface area contributed by atoms with Gasteiger partial charge < -0.3 is 4.42 Å². The van der Waals surface area contributed by atoms with Crippen LogP contribution in [-0.4, -0.2) is 0 Å². The van der Waals surface area contributed by atoms with Gasteiger partial charge >= 0.3 is 0 Å². The average molecular weight is 634 g/mol. The molecule has 0 saturated heterocycles. The number of benzene rings is 9. The lowest BCUT2D eigenvalue weighted by molar-refractivity contribution is 0.671. The zero-order chi connectivity index (χ0) is 41.9. The highest BCUT2D eigenvalue weighted by Gasteiger charge is 2.21. The Hall–Kier alpha value is -6.44. The second-order valence-corrected chi connectivity index (χ2v) is 11.9. The Kier molecular flexibility index (Phi) is 4.25. The molecule has 0 fully saturated rings. The largest absolute Gasteiger partial charge is 0.455 e. The molecule has 0 N–H and O–H groups in total. The molecule has 0 spiro atoms. The fourth-order valence-corrected chi connectivity index (χ4v) is 7.26. The van der Waals surface area contributed by atoms with Crippen LogP contribution in [0.1, 0.15) is 15.1 Å². The number of fused-ring (bicyclic) bond motifs is 6. The van der Waals surface area contributed by atoms with Crippen LogP contribution in [0.3, 0.4) is 0 Å². The maximum atomic E-state index is 9.33. The van der Waals surface area contributed by atoms with Gasteiger partial charge in [-0.25, -0.2) is 0 Å². The standard InChI is InChI=1S/C48H30O/c1-3-15-31(16-4-1)33-25-13-27-43-44-28-14-26-42(48(44)49-47(33)43)36-29-30-41(35-20-8-7-19-34(35)36)46-39-23-11-9-21-37(39)45(32-17-5-2-6-18-32)38-22-10-12-24-40(38)46/h1-30H/i1D,3D,4D,13D,14D,15D,16D,25D,26D,27D,28D. The van der Waals surface area contributed by atoms with Crippen LogP contribution < -0.4 is 0 Å². The topological polar surface area (TPSA) is 13.1 Å². The Labute approximate surface area is 299 Å². The third-order valence-corrected chi connectivity index (χ3v) is 9.32. The van der Waals surface area contributed by atoms with Crippen molar-refractivity contribution in [2.24, 2.45) is 0 Å². The van der Waals surface area contributed by atoms with Crippen LogP contribution in [0.5, 0.6) is 0 Å². The van der Waals surface area contributed by atoms with Crippen molar-refractivity contribution in [3.63, 3.8) is 0 Å². The number of hydrogen-bond acceptors (Lipinski definition) is 1. The van der Waals surface area contributed by atoms with Crippen molar-refractivity contribution in [1.29, 1.82) is 0 Å². The first kappa shape index (κ1) is 18.8. The van der Waals surface area contributed by atoms with Crippen LogP contribution in [-0.2, 0) is 0 Å². The molecule has 0 radical (unpaired) electrons. The second kappa shape index (κ2) is 11.1. The Morgan fingerprint density at radius 1 is 0.306 bits per heavy atom. The molecule has 1 heterocycles. The van der Waals surface area contributed by atoms with Gasteiger partial charge in [-0.05, 0) is 65.7 Å². The predicted molar refractivity (Wildman–Crippen MR) is 208 cm³/mol. The monoisotopic (exact) mass is 633 g/mol. The van der Waals surface area contributed by atoms with Gasteiger partial charge in [0.15, 0.2) is 0 Å². The normalized spacial score (nSPS) is 14.8. The highest BCUT2D eigenvalue weighted by Crippen LogP contribution is 2.47. The third kappa shape index (κ3) is 4.26. The van der Waals surface area contributed by atoms with E-state index in [9.17, 15) is 1.37 Å². The van der Waals surface area contributed by atoms with Crippen LogP contribution in [0.2, 0.25) is 0 Å². The first-order valence-electron chi connectivity index (χ1n) is 21.5. The van der Waals surface area contributed by atoms with Gasteiger partial charge in [0.1, 0.15) is 11.2 Å². The van der Waals surface area contributed by atoms with Gasteiger partial charge in [0.05, 0.1) is 15.1 Å². The number of furan rings is 1. The van der Waals surface area contributed by atoms with E-state index in [-0.39, 0.29) is 44.7 Å². The first-order valence-corrected chi connectivity index (χ1v) is 16.0. The van der Waals surface area contributed by atoms with Gasteiger partial charge in [0, 0.05) is 21.9 Å². The van der Waals surface area contributed by atoms with Crippen LogP contribution in [0.15, 0.2) is 186 Å². The molecule has 1 nitrogen and oxygen atoms in total. The maximum absolute atomic E-state index is 9.33. The summed E-state index contributed by atoms with van der Waals surface area (Å²) in [5, 5.41) is 5.63. The zero-order valence-electron chi connectivity index (χ0n) is 36.9. The van der Waals surface area contributed by atoms with Crippen LogP contribution in [0.4, 0.5) is 0 Å². The smallest absolute Gasteiger partial charge is 0.143 e. The summed E-state index contributed by atoms with van der Waals surface area (Å²) < 4.78 is 103. The summed E-state index contributed by atoms with van der Waals surface area (Å²) in [5.41, 5.74) is 3.81. The van der Waals surface area contributed by atoms with Crippen molar-refractivity contribution >= 4 is 54.3 Å². The van der Waals surface area contributed by atoms with E-state index in [2.05, 4.69) is 36.4 Å². The highest BCUT2D eigenvalue weighted by atomic mass is 16.3. The molecule has 228 valence electrons.